The Balaban J connectivity index is 2.91. The highest BCUT2D eigenvalue weighted by Gasteiger charge is 2.14. The van der Waals surface area contributed by atoms with Crippen molar-refractivity contribution in [3.8, 4) is 5.75 Å². The number of nitrogens with zero attached hydrogens (tertiary/aromatic N) is 1. The first-order chi connectivity index (χ1) is 7.65. The first-order valence-electron chi connectivity index (χ1n) is 4.80. The van der Waals surface area contributed by atoms with E-state index in [-0.39, 0.29) is 5.69 Å². The lowest BCUT2D eigenvalue weighted by Crippen LogP contribution is -2.02. The first kappa shape index (κ1) is 10.4. The molecule has 0 atom stereocenters. The molecule has 0 spiro atoms. The van der Waals surface area contributed by atoms with E-state index in [0.29, 0.717) is 11.1 Å². The minimum Gasteiger partial charge on any atom is -0.496 e. The van der Waals surface area contributed by atoms with E-state index in [0.717, 1.165) is 10.9 Å². The molecule has 0 saturated heterocycles. The Labute approximate surface area is 92.5 Å². The number of aryl methyl sites for hydroxylation is 1. The molecule has 16 heavy (non-hydrogen) atoms. The van der Waals surface area contributed by atoms with Crippen molar-refractivity contribution in [2.45, 2.75) is 6.92 Å². The maximum absolute atomic E-state index is 11.1. The predicted molar refractivity (Wildman–Crippen MR) is 60.0 cm³/mol. The summed E-state index contributed by atoms with van der Waals surface area (Å²) in [5.41, 5.74) is 0.940. The number of aromatic carboxylic acids is 1. The molecule has 0 fully saturated rings. The Bertz CT molecular complexity index is 563. The van der Waals surface area contributed by atoms with E-state index >= 15 is 0 Å². The number of hydrogen-bond acceptors (Lipinski definition) is 3. The summed E-state index contributed by atoms with van der Waals surface area (Å²) in [5.74, 6) is -0.368. The molecule has 2 aromatic rings. The number of benzene rings is 1. The number of rotatable bonds is 2. The predicted octanol–water partition coefficient (Wildman–Crippen LogP) is 2.25. The van der Waals surface area contributed by atoms with E-state index in [9.17, 15) is 4.79 Å². The van der Waals surface area contributed by atoms with Crippen molar-refractivity contribution < 1.29 is 14.6 Å². The molecule has 0 saturated carbocycles. The van der Waals surface area contributed by atoms with Crippen LogP contribution in [-0.2, 0) is 0 Å². The number of carbonyl (C=O) groups is 1. The smallest absolute Gasteiger partial charge is 0.355 e. The number of hydrogen-bond donors (Lipinski definition) is 1. The number of fused-ring (bicyclic) bond motifs is 1. The Kier molecular flexibility index (Phi) is 2.48. The molecule has 1 heterocycles. The summed E-state index contributed by atoms with van der Waals surface area (Å²) >= 11 is 0. The van der Waals surface area contributed by atoms with Gasteiger partial charge in [-0.25, -0.2) is 9.78 Å². The molecule has 1 N–H and O–H groups in total. The van der Waals surface area contributed by atoms with Crippen molar-refractivity contribution in [2.24, 2.45) is 0 Å². The van der Waals surface area contributed by atoms with Crippen molar-refractivity contribution in [2.75, 3.05) is 7.11 Å². The zero-order valence-electron chi connectivity index (χ0n) is 9.02. The molecule has 4 heteroatoms. The van der Waals surface area contributed by atoms with Crippen LogP contribution in [0.4, 0.5) is 0 Å². The summed E-state index contributed by atoms with van der Waals surface area (Å²) in [6.07, 6.45) is 1.48. The van der Waals surface area contributed by atoms with E-state index in [1.807, 2.05) is 19.1 Å². The van der Waals surface area contributed by atoms with Gasteiger partial charge in [-0.15, -0.1) is 0 Å². The van der Waals surface area contributed by atoms with Crippen LogP contribution in [0.15, 0.2) is 24.4 Å². The second kappa shape index (κ2) is 3.81. The minimum absolute atomic E-state index is 0.0638. The normalized spacial score (nSPS) is 10.4. The van der Waals surface area contributed by atoms with Gasteiger partial charge in [-0.1, -0.05) is 6.07 Å². The molecular weight excluding hydrogens is 206 g/mol. The monoisotopic (exact) mass is 217 g/mol. The molecular formula is C12H11NO3. The molecule has 0 amide bonds. The molecule has 0 unspecified atom stereocenters. The van der Waals surface area contributed by atoms with Gasteiger partial charge in [0.15, 0.2) is 5.69 Å². The SMILES string of the molecule is COc1ccc(C)c2c(C(=O)O)nccc12. The highest BCUT2D eigenvalue weighted by molar-refractivity contribution is 6.05. The summed E-state index contributed by atoms with van der Waals surface area (Å²) in [7, 11) is 1.56. The number of carboxylic acids is 1. The fraction of sp³-hybridized carbons (Fsp3) is 0.167. The minimum atomic E-state index is -1.03. The van der Waals surface area contributed by atoms with Gasteiger partial charge in [0, 0.05) is 17.0 Å². The van der Waals surface area contributed by atoms with Gasteiger partial charge in [0.1, 0.15) is 5.75 Å². The quantitative estimate of drug-likeness (QED) is 0.838. The molecule has 0 radical (unpaired) electrons. The fourth-order valence-electron chi connectivity index (χ4n) is 1.78. The molecule has 2 rings (SSSR count). The van der Waals surface area contributed by atoms with Crippen molar-refractivity contribution >= 4 is 16.7 Å². The van der Waals surface area contributed by atoms with Crippen molar-refractivity contribution in [3.05, 3.63) is 35.7 Å². The number of ether oxygens (including phenoxy) is 1. The lowest BCUT2D eigenvalue weighted by molar-refractivity contribution is 0.0693. The summed E-state index contributed by atoms with van der Waals surface area (Å²) in [6.45, 7) is 1.86. The number of aromatic nitrogens is 1. The van der Waals surface area contributed by atoms with Crippen LogP contribution < -0.4 is 4.74 Å². The highest BCUT2D eigenvalue weighted by atomic mass is 16.5. The lowest BCUT2D eigenvalue weighted by Gasteiger charge is -2.09. The molecule has 0 aliphatic carbocycles. The number of pyridine rings is 1. The molecule has 4 nitrogen and oxygen atoms in total. The van der Waals surface area contributed by atoms with Crippen LogP contribution in [0.1, 0.15) is 16.1 Å². The third kappa shape index (κ3) is 1.48. The summed E-state index contributed by atoms with van der Waals surface area (Å²) < 4.78 is 5.20. The zero-order chi connectivity index (χ0) is 11.7. The Morgan fingerprint density at radius 2 is 2.12 bits per heavy atom. The lowest BCUT2D eigenvalue weighted by atomic mass is 10.0. The van der Waals surface area contributed by atoms with Gasteiger partial charge >= 0.3 is 5.97 Å². The van der Waals surface area contributed by atoms with Gasteiger partial charge < -0.3 is 9.84 Å². The third-order valence-electron chi connectivity index (χ3n) is 2.52. The van der Waals surface area contributed by atoms with Gasteiger partial charge in [0.2, 0.25) is 0 Å². The van der Waals surface area contributed by atoms with E-state index in [2.05, 4.69) is 4.98 Å². The molecule has 82 valence electrons. The highest BCUT2D eigenvalue weighted by Crippen LogP contribution is 2.29. The van der Waals surface area contributed by atoms with E-state index < -0.39 is 5.97 Å². The van der Waals surface area contributed by atoms with Crippen LogP contribution >= 0.6 is 0 Å². The zero-order valence-corrected chi connectivity index (χ0v) is 9.02. The number of methoxy groups -OCH3 is 1. The van der Waals surface area contributed by atoms with Crippen molar-refractivity contribution in [3.63, 3.8) is 0 Å². The van der Waals surface area contributed by atoms with Crippen molar-refractivity contribution in [1.82, 2.24) is 4.98 Å². The van der Waals surface area contributed by atoms with Gasteiger partial charge in [0.25, 0.3) is 0 Å². The molecule has 0 aliphatic rings. The maximum Gasteiger partial charge on any atom is 0.355 e. The van der Waals surface area contributed by atoms with Crippen LogP contribution in [0.5, 0.6) is 5.75 Å². The Morgan fingerprint density at radius 1 is 1.38 bits per heavy atom. The second-order valence-corrected chi connectivity index (χ2v) is 3.47. The summed E-state index contributed by atoms with van der Waals surface area (Å²) in [6, 6.07) is 5.41. The largest absolute Gasteiger partial charge is 0.496 e. The average Bonchev–Trinajstić information content (AvgIpc) is 2.29. The van der Waals surface area contributed by atoms with Crippen LogP contribution in [-0.4, -0.2) is 23.2 Å². The Hall–Kier alpha value is -2.10. The second-order valence-electron chi connectivity index (χ2n) is 3.47. The van der Waals surface area contributed by atoms with Crippen molar-refractivity contribution in [1.29, 1.82) is 0 Å². The summed E-state index contributed by atoms with van der Waals surface area (Å²) in [4.78, 5) is 15.0. The van der Waals surface area contributed by atoms with Gasteiger partial charge in [-0.2, -0.15) is 0 Å². The van der Waals surface area contributed by atoms with Gasteiger partial charge in [-0.3, -0.25) is 0 Å². The Morgan fingerprint density at radius 3 is 2.75 bits per heavy atom. The van der Waals surface area contributed by atoms with Crippen LogP contribution in [0.2, 0.25) is 0 Å². The molecule has 0 bridgehead atoms. The van der Waals surface area contributed by atoms with Crippen LogP contribution in [0.3, 0.4) is 0 Å². The van der Waals surface area contributed by atoms with Gasteiger partial charge in [-0.05, 0) is 24.6 Å². The van der Waals surface area contributed by atoms with Gasteiger partial charge in [0.05, 0.1) is 7.11 Å². The maximum atomic E-state index is 11.1. The van der Waals surface area contributed by atoms with E-state index in [1.165, 1.54) is 6.20 Å². The molecule has 1 aromatic carbocycles. The average molecular weight is 217 g/mol. The van der Waals surface area contributed by atoms with E-state index in [1.54, 1.807) is 13.2 Å². The standard InChI is InChI=1S/C12H11NO3/c1-7-3-4-9(16-2)8-5-6-13-11(10(7)8)12(14)15/h3-6H,1-2H3,(H,14,15). The van der Waals surface area contributed by atoms with Crippen LogP contribution in [0.25, 0.3) is 10.8 Å². The molecule has 1 aromatic heterocycles. The fourth-order valence-corrected chi connectivity index (χ4v) is 1.78. The van der Waals surface area contributed by atoms with Crippen LogP contribution in [0, 0.1) is 6.92 Å². The summed E-state index contributed by atoms with van der Waals surface area (Å²) in [5, 5.41) is 10.5. The topological polar surface area (TPSA) is 59.4 Å². The van der Waals surface area contributed by atoms with E-state index in [4.69, 9.17) is 9.84 Å². The first-order valence-corrected chi connectivity index (χ1v) is 4.80. The third-order valence-corrected chi connectivity index (χ3v) is 2.52. The molecule has 0 aliphatic heterocycles. The number of carboxylic acid groups (broad SMARTS) is 1.